The fourth-order valence-corrected chi connectivity index (χ4v) is 2.16. The van der Waals surface area contributed by atoms with Gasteiger partial charge in [-0.2, -0.15) is 0 Å². The van der Waals surface area contributed by atoms with E-state index in [0.717, 1.165) is 5.92 Å². The van der Waals surface area contributed by atoms with Gasteiger partial charge in [0.15, 0.2) is 0 Å². The van der Waals surface area contributed by atoms with Gasteiger partial charge in [-0.05, 0) is 30.8 Å². The Bertz CT molecular complexity index is 239. The van der Waals surface area contributed by atoms with E-state index in [0.29, 0.717) is 0 Å². The first-order valence-electron chi connectivity index (χ1n) is 4.93. The summed E-state index contributed by atoms with van der Waals surface area (Å²) in [5, 5.41) is 0. The zero-order chi connectivity index (χ0) is 8.39. The smallest absolute Gasteiger partial charge is 0.0265 e. The molecule has 0 aromatic carbocycles. The van der Waals surface area contributed by atoms with Crippen molar-refractivity contribution in [2.45, 2.75) is 32.6 Å². The van der Waals surface area contributed by atoms with E-state index >= 15 is 0 Å². The lowest BCUT2D eigenvalue weighted by molar-refractivity contribution is 0.451. The van der Waals surface area contributed by atoms with Crippen molar-refractivity contribution in [2.24, 2.45) is 5.92 Å². The zero-order valence-corrected chi connectivity index (χ0v) is 7.72. The SMILES string of the molecule is CC1CCCC(=C2C=CC=C2)C1. The van der Waals surface area contributed by atoms with Crippen LogP contribution in [0.2, 0.25) is 0 Å². The van der Waals surface area contributed by atoms with Gasteiger partial charge in [-0.25, -0.2) is 0 Å². The van der Waals surface area contributed by atoms with Crippen molar-refractivity contribution in [3.8, 4) is 0 Å². The molecule has 0 heterocycles. The third kappa shape index (κ3) is 1.52. The zero-order valence-electron chi connectivity index (χ0n) is 7.72. The second-order valence-electron chi connectivity index (χ2n) is 3.98. The summed E-state index contributed by atoms with van der Waals surface area (Å²) in [6.07, 6.45) is 14.2. The molecule has 0 heteroatoms. The van der Waals surface area contributed by atoms with Crippen LogP contribution >= 0.6 is 0 Å². The Kier molecular flexibility index (Phi) is 2.16. The molecule has 0 saturated heterocycles. The summed E-state index contributed by atoms with van der Waals surface area (Å²) in [5.41, 5.74) is 3.17. The molecule has 2 aliphatic rings. The molecule has 1 saturated carbocycles. The summed E-state index contributed by atoms with van der Waals surface area (Å²) in [5.74, 6) is 0.906. The molecule has 64 valence electrons. The van der Waals surface area contributed by atoms with Gasteiger partial charge in [0.25, 0.3) is 0 Å². The molecule has 2 aliphatic carbocycles. The van der Waals surface area contributed by atoms with Crippen molar-refractivity contribution in [1.29, 1.82) is 0 Å². The first-order chi connectivity index (χ1) is 5.86. The van der Waals surface area contributed by atoms with Crippen LogP contribution in [0.15, 0.2) is 35.5 Å². The highest BCUT2D eigenvalue weighted by molar-refractivity contribution is 5.43. The van der Waals surface area contributed by atoms with E-state index in [2.05, 4.69) is 31.2 Å². The Hall–Kier alpha value is -0.780. The van der Waals surface area contributed by atoms with Crippen molar-refractivity contribution in [3.63, 3.8) is 0 Å². The van der Waals surface area contributed by atoms with Crippen LogP contribution in [0.4, 0.5) is 0 Å². The second kappa shape index (κ2) is 3.30. The molecule has 0 bridgehead atoms. The normalized spacial score (nSPS) is 28.6. The Balaban J connectivity index is 2.16. The highest BCUT2D eigenvalue weighted by atomic mass is 14.2. The molecule has 1 unspecified atom stereocenters. The maximum atomic E-state index is 2.36. The van der Waals surface area contributed by atoms with E-state index in [1.807, 2.05) is 0 Å². The van der Waals surface area contributed by atoms with Crippen LogP contribution in [-0.2, 0) is 0 Å². The lowest BCUT2D eigenvalue weighted by Gasteiger charge is -2.21. The van der Waals surface area contributed by atoms with Crippen LogP contribution in [0, 0.1) is 5.92 Å². The van der Waals surface area contributed by atoms with E-state index in [-0.39, 0.29) is 0 Å². The van der Waals surface area contributed by atoms with Crippen LogP contribution in [0.1, 0.15) is 32.6 Å². The molecule has 0 radical (unpaired) electrons. The average Bonchev–Trinajstić information content (AvgIpc) is 2.56. The van der Waals surface area contributed by atoms with E-state index in [4.69, 9.17) is 0 Å². The Morgan fingerprint density at radius 2 is 2.00 bits per heavy atom. The molecule has 0 spiro atoms. The van der Waals surface area contributed by atoms with Gasteiger partial charge in [0.05, 0.1) is 0 Å². The van der Waals surface area contributed by atoms with E-state index in [9.17, 15) is 0 Å². The lowest BCUT2D eigenvalue weighted by atomic mass is 9.84. The summed E-state index contributed by atoms with van der Waals surface area (Å²) in [6.45, 7) is 2.36. The minimum atomic E-state index is 0.906. The molecule has 0 aromatic rings. The molecule has 0 amide bonds. The van der Waals surface area contributed by atoms with Gasteiger partial charge in [0.1, 0.15) is 0 Å². The van der Waals surface area contributed by atoms with Crippen molar-refractivity contribution in [1.82, 2.24) is 0 Å². The van der Waals surface area contributed by atoms with Gasteiger partial charge in [-0.1, -0.05) is 43.2 Å². The van der Waals surface area contributed by atoms with Gasteiger partial charge < -0.3 is 0 Å². The topological polar surface area (TPSA) is 0 Å². The molecule has 12 heavy (non-hydrogen) atoms. The highest BCUT2D eigenvalue weighted by Crippen LogP contribution is 2.31. The average molecular weight is 160 g/mol. The van der Waals surface area contributed by atoms with E-state index < -0.39 is 0 Å². The molecule has 1 atom stereocenters. The largest absolute Gasteiger partial charge is 0.0627 e. The standard InChI is InChI=1S/C12H16/c1-10-5-4-8-12(9-10)11-6-2-3-7-11/h2-3,6-7,10H,4-5,8-9H2,1H3. The van der Waals surface area contributed by atoms with Crippen molar-refractivity contribution >= 4 is 0 Å². The number of allylic oxidation sites excluding steroid dienone is 6. The Labute approximate surface area is 74.7 Å². The summed E-state index contributed by atoms with van der Waals surface area (Å²) in [6, 6.07) is 0. The highest BCUT2D eigenvalue weighted by Gasteiger charge is 2.14. The van der Waals surface area contributed by atoms with Gasteiger partial charge in [0.2, 0.25) is 0 Å². The number of hydrogen-bond donors (Lipinski definition) is 0. The number of hydrogen-bond acceptors (Lipinski definition) is 0. The molecular formula is C12H16. The molecule has 0 aliphatic heterocycles. The first-order valence-corrected chi connectivity index (χ1v) is 4.93. The molecular weight excluding hydrogens is 144 g/mol. The molecule has 0 aromatic heterocycles. The van der Waals surface area contributed by atoms with Crippen LogP contribution in [-0.4, -0.2) is 0 Å². The minimum absolute atomic E-state index is 0.906. The summed E-state index contributed by atoms with van der Waals surface area (Å²) >= 11 is 0. The van der Waals surface area contributed by atoms with Crippen molar-refractivity contribution in [2.75, 3.05) is 0 Å². The Morgan fingerprint density at radius 1 is 1.25 bits per heavy atom. The van der Waals surface area contributed by atoms with Gasteiger partial charge in [-0.3, -0.25) is 0 Å². The fraction of sp³-hybridized carbons (Fsp3) is 0.500. The summed E-state index contributed by atoms with van der Waals surface area (Å²) in [4.78, 5) is 0. The maximum Gasteiger partial charge on any atom is -0.0265 e. The van der Waals surface area contributed by atoms with Crippen LogP contribution in [0.5, 0.6) is 0 Å². The predicted octanol–water partition coefficient (Wildman–Crippen LogP) is 3.62. The molecule has 0 N–H and O–H groups in total. The number of rotatable bonds is 0. The third-order valence-corrected chi connectivity index (χ3v) is 2.84. The van der Waals surface area contributed by atoms with Gasteiger partial charge >= 0.3 is 0 Å². The quantitative estimate of drug-likeness (QED) is 0.507. The fourth-order valence-electron chi connectivity index (χ4n) is 2.16. The summed E-state index contributed by atoms with van der Waals surface area (Å²) < 4.78 is 0. The second-order valence-corrected chi connectivity index (χ2v) is 3.98. The molecule has 2 rings (SSSR count). The van der Waals surface area contributed by atoms with E-state index in [1.165, 1.54) is 31.3 Å². The Morgan fingerprint density at radius 3 is 2.67 bits per heavy atom. The van der Waals surface area contributed by atoms with Crippen LogP contribution in [0.3, 0.4) is 0 Å². The third-order valence-electron chi connectivity index (χ3n) is 2.84. The van der Waals surface area contributed by atoms with Crippen LogP contribution < -0.4 is 0 Å². The van der Waals surface area contributed by atoms with Gasteiger partial charge in [0, 0.05) is 0 Å². The minimum Gasteiger partial charge on any atom is -0.0627 e. The van der Waals surface area contributed by atoms with Gasteiger partial charge in [-0.15, -0.1) is 0 Å². The van der Waals surface area contributed by atoms with Crippen molar-refractivity contribution in [3.05, 3.63) is 35.5 Å². The monoisotopic (exact) mass is 160 g/mol. The van der Waals surface area contributed by atoms with Crippen LogP contribution in [0.25, 0.3) is 0 Å². The predicted molar refractivity (Wildman–Crippen MR) is 52.9 cm³/mol. The van der Waals surface area contributed by atoms with E-state index in [1.54, 1.807) is 5.57 Å². The first kappa shape index (κ1) is 7.85. The maximum absolute atomic E-state index is 2.36. The summed E-state index contributed by atoms with van der Waals surface area (Å²) in [7, 11) is 0. The molecule has 0 nitrogen and oxygen atoms in total. The lowest BCUT2D eigenvalue weighted by Crippen LogP contribution is -2.05. The molecule has 1 fully saturated rings. The van der Waals surface area contributed by atoms with Crippen molar-refractivity contribution < 1.29 is 0 Å².